The van der Waals surface area contributed by atoms with Gasteiger partial charge in [0.05, 0.1) is 17.6 Å². The van der Waals surface area contributed by atoms with Crippen LogP contribution in [0.3, 0.4) is 0 Å². The molecule has 3 aliphatic rings. The fourth-order valence-corrected chi connectivity index (χ4v) is 6.03. The molecular formula is C22H33NO5S. The highest BCUT2D eigenvalue weighted by atomic mass is 32.2. The molecule has 0 amide bonds. The minimum Gasteiger partial charge on any atom is -0.497 e. The van der Waals surface area contributed by atoms with E-state index in [0.717, 1.165) is 57.8 Å². The first kappa shape index (κ1) is 21.1. The Morgan fingerprint density at radius 1 is 1.17 bits per heavy atom. The summed E-state index contributed by atoms with van der Waals surface area (Å²) in [6, 6.07) is 6.71. The summed E-state index contributed by atoms with van der Waals surface area (Å²) in [7, 11) is -1.96. The number of hydrogen-bond donors (Lipinski definition) is 0. The van der Waals surface area contributed by atoms with Gasteiger partial charge in [-0.3, -0.25) is 0 Å². The fourth-order valence-electron chi connectivity index (χ4n) is 4.55. The summed E-state index contributed by atoms with van der Waals surface area (Å²) in [4.78, 5) is 0.294. The van der Waals surface area contributed by atoms with Crippen molar-refractivity contribution in [1.82, 2.24) is 4.31 Å². The van der Waals surface area contributed by atoms with Gasteiger partial charge < -0.3 is 14.2 Å². The minimum atomic E-state index is -3.51. The topological polar surface area (TPSA) is 65.1 Å². The second kappa shape index (κ2) is 8.92. The molecule has 0 N–H and O–H groups in total. The first-order valence-electron chi connectivity index (χ1n) is 10.9. The third-order valence-electron chi connectivity index (χ3n) is 6.63. The van der Waals surface area contributed by atoms with Gasteiger partial charge in [0, 0.05) is 39.0 Å². The number of ether oxygens (including phenoxy) is 3. The summed E-state index contributed by atoms with van der Waals surface area (Å²) in [5, 5.41) is 0. The molecule has 0 bridgehead atoms. The van der Waals surface area contributed by atoms with Crippen molar-refractivity contribution < 1.29 is 22.6 Å². The van der Waals surface area contributed by atoms with Gasteiger partial charge in [0.25, 0.3) is 0 Å². The maximum atomic E-state index is 13.0. The number of benzene rings is 1. The lowest BCUT2D eigenvalue weighted by molar-refractivity contribution is -0.123. The average molecular weight is 424 g/mol. The molecule has 4 rings (SSSR count). The standard InChI is InChI=1S/C22H33NO5S/c1-26-20-3-2-4-21(15-20)29(24,25)23-11-9-22(10-12-23)16-18(8-14-28-22)7-13-27-17-19-5-6-19/h2-4,15,18-19H,5-14,16-17H2,1H3. The van der Waals surface area contributed by atoms with Crippen molar-refractivity contribution in [3.63, 3.8) is 0 Å². The molecule has 1 aliphatic carbocycles. The predicted molar refractivity (Wildman–Crippen MR) is 111 cm³/mol. The van der Waals surface area contributed by atoms with Crippen molar-refractivity contribution in [3.05, 3.63) is 24.3 Å². The Kier molecular flexibility index (Phi) is 6.49. The van der Waals surface area contributed by atoms with Crippen molar-refractivity contribution in [2.45, 2.75) is 55.4 Å². The molecule has 6 nitrogen and oxygen atoms in total. The van der Waals surface area contributed by atoms with E-state index in [1.54, 1.807) is 35.7 Å². The van der Waals surface area contributed by atoms with E-state index in [0.29, 0.717) is 29.7 Å². The van der Waals surface area contributed by atoms with Gasteiger partial charge in [0.15, 0.2) is 0 Å². The van der Waals surface area contributed by atoms with Crippen LogP contribution in [-0.4, -0.2) is 58.3 Å². The molecule has 0 radical (unpaired) electrons. The summed E-state index contributed by atoms with van der Waals surface area (Å²) in [5.74, 6) is 1.98. The van der Waals surface area contributed by atoms with Crippen LogP contribution in [0.2, 0.25) is 0 Å². The molecule has 1 spiro atoms. The van der Waals surface area contributed by atoms with Crippen molar-refractivity contribution in [3.8, 4) is 5.75 Å². The van der Waals surface area contributed by atoms with Crippen molar-refractivity contribution in [2.24, 2.45) is 11.8 Å². The van der Waals surface area contributed by atoms with Crippen molar-refractivity contribution in [2.75, 3.05) is 40.0 Å². The molecule has 7 heteroatoms. The number of hydrogen-bond acceptors (Lipinski definition) is 5. The maximum Gasteiger partial charge on any atom is 0.243 e. The maximum absolute atomic E-state index is 13.0. The second-order valence-electron chi connectivity index (χ2n) is 8.78. The molecule has 2 aliphatic heterocycles. The SMILES string of the molecule is COc1cccc(S(=O)(=O)N2CCC3(CC2)CC(CCOCC2CC2)CCO3)c1. The van der Waals surface area contributed by atoms with Gasteiger partial charge in [-0.05, 0) is 68.9 Å². The minimum absolute atomic E-state index is 0.167. The lowest BCUT2D eigenvalue weighted by atomic mass is 9.79. The first-order chi connectivity index (χ1) is 14.0. The van der Waals surface area contributed by atoms with Gasteiger partial charge in [0.1, 0.15) is 5.75 Å². The van der Waals surface area contributed by atoms with Crippen LogP contribution >= 0.6 is 0 Å². The number of sulfonamides is 1. The smallest absolute Gasteiger partial charge is 0.243 e. The average Bonchev–Trinajstić information content (AvgIpc) is 3.56. The lowest BCUT2D eigenvalue weighted by Crippen LogP contribution is -2.50. The van der Waals surface area contributed by atoms with Gasteiger partial charge in [-0.1, -0.05) is 6.07 Å². The van der Waals surface area contributed by atoms with Crippen LogP contribution in [0.4, 0.5) is 0 Å². The summed E-state index contributed by atoms with van der Waals surface area (Å²) in [6.45, 7) is 3.55. The normalized spacial score (nSPS) is 25.2. The van der Waals surface area contributed by atoms with Gasteiger partial charge in [-0.25, -0.2) is 8.42 Å². The molecule has 1 aromatic carbocycles. The van der Waals surface area contributed by atoms with Crippen LogP contribution in [0.25, 0.3) is 0 Å². The van der Waals surface area contributed by atoms with E-state index in [1.807, 2.05) is 0 Å². The Bertz CT molecular complexity index is 784. The van der Waals surface area contributed by atoms with E-state index in [2.05, 4.69) is 0 Å². The number of rotatable bonds is 8. The molecule has 29 heavy (non-hydrogen) atoms. The molecule has 162 valence electrons. The zero-order valence-electron chi connectivity index (χ0n) is 17.3. The zero-order valence-corrected chi connectivity index (χ0v) is 18.2. The number of nitrogens with zero attached hydrogens (tertiary/aromatic N) is 1. The molecule has 2 heterocycles. The molecule has 1 aromatic rings. The molecule has 0 aromatic heterocycles. The first-order valence-corrected chi connectivity index (χ1v) is 12.3. The van der Waals surface area contributed by atoms with E-state index in [-0.39, 0.29) is 5.60 Å². The molecule has 1 atom stereocenters. The second-order valence-corrected chi connectivity index (χ2v) is 10.7. The Morgan fingerprint density at radius 3 is 2.69 bits per heavy atom. The highest BCUT2D eigenvalue weighted by Crippen LogP contribution is 2.40. The fraction of sp³-hybridized carbons (Fsp3) is 0.727. The monoisotopic (exact) mass is 423 g/mol. The van der Waals surface area contributed by atoms with Crippen molar-refractivity contribution >= 4 is 10.0 Å². The summed E-state index contributed by atoms with van der Waals surface area (Å²) in [5.41, 5.74) is -0.167. The van der Waals surface area contributed by atoms with Crippen LogP contribution < -0.4 is 4.74 Å². The Hall–Kier alpha value is -1.15. The zero-order chi connectivity index (χ0) is 20.3. The number of piperidine rings is 1. The number of methoxy groups -OCH3 is 1. The Balaban J connectivity index is 1.31. The van der Waals surface area contributed by atoms with Crippen LogP contribution in [0.15, 0.2) is 29.2 Å². The van der Waals surface area contributed by atoms with E-state index in [1.165, 1.54) is 12.8 Å². The van der Waals surface area contributed by atoms with E-state index in [9.17, 15) is 8.42 Å². The third-order valence-corrected chi connectivity index (χ3v) is 8.52. The van der Waals surface area contributed by atoms with E-state index in [4.69, 9.17) is 14.2 Å². The van der Waals surface area contributed by atoms with Crippen LogP contribution in [0.5, 0.6) is 5.75 Å². The highest BCUT2D eigenvalue weighted by molar-refractivity contribution is 7.89. The van der Waals surface area contributed by atoms with Crippen LogP contribution in [0, 0.1) is 11.8 Å². The lowest BCUT2D eigenvalue weighted by Gasteiger charge is -2.46. The molecule has 1 unspecified atom stereocenters. The quantitative estimate of drug-likeness (QED) is 0.599. The van der Waals surface area contributed by atoms with Gasteiger partial charge >= 0.3 is 0 Å². The van der Waals surface area contributed by atoms with E-state index < -0.39 is 10.0 Å². The summed E-state index contributed by atoms with van der Waals surface area (Å²) in [6.07, 6.45) is 7.37. The predicted octanol–water partition coefficient (Wildman–Crippen LogP) is 3.46. The van der Waals surface area contributed by atoms with Crippen molar-refractivity contribution in [1.29, 1.82) is 0 Å². The Morgan fingerprint density at radius 2 is 1.97 bits per heavy atom. The third kappa shape index (κ3) is 5.13. The highest BCUT2D eigenvalue weighted by Gasteiger charge is 2.42. The summed E-state index contributed by atoms with van der Waals surface area (Å²) < 4.78 is 44.9. The molecule has 3 fully saturated rings. The Labute approximate surface area is 174 Å². The molecular weight excluding hydrogens is 390 g/mol. The largest absolute Gasteiger partial charge is 0.497 e. The van der Waals surface area contributed by atoms with Gasteiger partial charge in [-0.15, -0.1) is 0 Å². The summed E-state index contributed by atoms with van der Waals surface area (Å²) >= 11 is 0. The van der Waals surface area contributed by atoms with Gasteiger partial charge in [0.2, 0.25) is 10.0 Å². The molecule has 2 saturated heterocycles. The van der Waals surface area contributed by atoms with Gasteiger partial charge in [-0.2, -0.15) is 4.31 Å². The van der Waals surface area contributed by atoms with E-state index >= 15 is 0 Å². The van der Waals surface area contributed by atoms with Crippen LogP contribution in [-0.2, 0) is 19.5 Å². The van der Waals surface area contributed by atoms with Crippen LogP contribution in [0.1, 0.15) is 44.9 Å². The molecule has 1 saturated carbocycles.